The third-order valence-electron chi connectivity index (χ3n) is 7.35. The summed E-state index contributed by atoms with van der Waals surface area (Å²) < 4.78 is 6.24. The average Bonchev–Trinajstić information content (AvgIpc) is 2.93. The van der Waals surface area contributed by atoms with E-state index in [1.165, 1.54) is 6.08 Å². The summed E-state index contributed by atoms with van der Waals surface area (Å²) in [6.45, 7) is 21.5. The van der Waals surface area contributed by atoms with Crippen molar-refractivity contribution in [1.82, 2.24) is 9.97 Å². The summed E-state index contributed by atoms with van der Waals surface area (Å²) in [5.41, 5.74) is 2.15. The van der Waals surface area contributed by atoms with Crippen molar-refractivity contribution in [1.29, 1.82) is 5.26 Å². The third-order valence-corrected chi connectivity index (χ3v) is 7.35. The van der Waals surface area contributed by atoms with Gasteiger partial charge in [-0.2, -0.15) is 15.2 Å². The lowest BCUT2D eigenvalue weighted by Crippen LogP contribution is -2.34. The van der Waals surface area contributed by atoms with Crippen LogP contribution in [-0.4, -0.2) is 35.4 Å². The van der Waals surface area contributed by atoms with Gasteiger partial charge in [0.2, 0.25) is 0 Å². The minimum atomic E-state index is -0.307. The first kappa shape index (κ1) is 31.0. The van der Waals surface area contributed by atoms with Crippen molar-refractivity contribution < 1.29 is 9.53 Å². The SMILES string of the molecule is C=CC[C@@H](CCCC)COc1nc2c(c(N(CCC(C=C)C(=O)C=C)CC(C)CC#N)n1)CCC(C=C)C2. The minimum absolute atomic E-state index is 0.0343. The van der Waals surface area contributed by atoms with Gasteiger partial charge in [-0.1, -0.05) is 51.5 Å². The highest BCUT2D eigenvalue weighted by molar-refractivity contribution is 5.92. The van der Waals surface area contributed by atoms with Crippen LogP contribution in [0.2, 0.25) is 0 Å². The molecule has 0 spiro atoms. The van der Waals surface area contributed by atoms with E-state index in [1.807, 2.05) is 12.2 Å². The molecule has 1 aliphatic carbocycles. The van der Waals surface area contributed by atoms with E-state index in [0.29, 0.717) is 50.4 Å². The van der Waals surface area contributed by atoms with Crippen molar-refractivity contribution in [3.63, 3.8) is 0 Å². The molecule has 2 rings (SSSR count). The molecule has 6 nitrogen and oxygen atoms in total. The maximum atomic E-state index is 12.3. The molecule has 0 aromatic carbocycles. The highest BCUT2D eigenvalue weighted by Crippen LogP contribution is 2.34. The standard InChI is InChI=1S/C32H46N4O2/c1-7-12-14-26(13-8-2)23-38-32-34-29-21-25(9-3)15-16-28(29)31(35-32)36(22-24(6)17-19-33)20-18-27(10-4)30(37)11-5/h8-11,24-27H,2-5,7,12-18,20-23H2,1,6H3/t24?,25?,26-,27?/m0/s1. The van der Waals surface area contributed by atoms with Crippen LogP contribution in [0.5, 0.6) is 6.01 Å². The van der Waals surface area contributed by atoms with Crippen LogP contribution in [0.4, 0.5) is 5.82 Å². The Morgan fingerprint density at radius 3 is 2.68 bits per heavy atom. The number of nitrogens with zero attached hydrogens (tertiary/aromatic N) is 4. The molecule has 0 saturated heterocycles. The van der Waals surface area contributed by atoms with E-state index >= 15 is 0 Å². The minimum Gasteiger partial charge on any atom is -0.463 e. The summed E-state index contributed by atoms with van der Waals surface area (Å²) in [5.74, 6) is 1.41. The van der Waals surface area contributed by atoms with Gasteiger partial charge in [-0.3, -0.25) is 4.79 Å². The normalized spacial score (nSPS) is 16.7. The number of fused-ring (bicyclic) bond motifs is 1. The van der Waals surface area contributed by atoms with Crippen LogP contribution >= 0.6 is 0 Å². The van der Waals surface area contributed by atoms with Gasteiger partial charge in [-0.15, -0.1) is 19.7 Å². The molecule has 38 heavy (non-hydrogen) atoms. The number of carbonyl (C=O) groups excluding carboxylic acids is 1. The zero-order valence-electron chi connectivity index (χ0n) is 23.5. The van der Waals surface area contributed by atoms with Crippen molar-refractivity contribution in [3.8, 4) is 12.1 Å². The Kier molecular flexibility index (Phi) is 13.6. The van der Waals surface area contributed by atoms with Gasteiger partial charge in [0.15, 0.2) is 5.78 Å². The fourth-order valence-electron chi connectivity index (χ4n) is 5.02. The summed E-state index contributed by atoms with van der Waals surface area (Å²) in [6.07, 6.45) is 15.0. The Hall–Kier alpha value is -3.20. The van der Waals surface area contributed by atoms with Gasteiger partial charge in [-0.25, -0.2) is 0 Å². The van der Waals surface area contributed by atoms with Crippen LogP contribution < -0.4 is 9.64 Å². The van der Waals surface area contributed by atoms with Gasteiger partial charge < -0.3 is 9.64 Å². The zero-order valence-corrected chi connectivity index (χ0v) is 23.5. The second kappa shape index (κ2) is 16.6. The molecule has 4 atom stereocenters. The Balaban J connectivity index is 2.43. The van der Waals surface area contributed by atoms with E-state index in [9.17, 15) is 10.1 Å². The molecule has 0 bridgehead atoms. The number of hydrogen-bond donors (Lipinski definition) is 0. The lowest BCUT2D eigenvalue weighted by atomic mass is 9.87. The molecule has 1 aromatic heterocycles. The van der Waals surface area contributed by atoms with E-state index in [4.69, 9.17) is 14.7 Å². The summed E-state index contributed by atoms with van der Waals surface area (Å²) in [6, 6.07) is 2.69. The second-order valence-electron chi connectivity index (χ2n) is 10.5. The van der Waals surface area contributed by atoms with Gasteiger partial charge in [0.05, 0.1) is 18.4 Å². The second-order valence-corrected chi connectivity index (χ2v) is 10.5. The maximum Gasteiger partial charge on any atom is 0.318 e. The average molecular weight is 519 g/mol. The number of allylic oxidation sites excluding steroid dienone is 4. The van der Waals surface area contributed by atoms with Crippen LogP contribution in [0.15, 0.2) is 50.6 Å². The van der Waals surface area contributed by atoms with E-state index < -0.39 is 0 Å². The molecule has 1 aliphatic rings. The van der Waals surface area contributed by atoms with Crippen LogP contribution in [0.1, 0.15) is 70.1 Å². The van der Waals surface area contributed by atoms with Crippen LogP contribution in [-0.2, 0) is 17.6 Å². The van der Waals surface area contributed by atoms with Crippen molar-refractivity contribution in [2.75, 3.05) is 24.6 Å². The van der Waals surface area contributed by atoms with Gasteiger partial charge in [0.25, 0.3) is 0 Å². The summed E-state index contributed by atoms with van der Waals surface area (Å²) in [4.78, 5) is 24.4. The fraction of sp³-hybridized carbons (Fsp3) is 0.562. The van der Waals surface area contributed by atoms with Crippen molar-refractivity contribution in [2.24, 2.45) is 23.7 Å². The Morgan fingerprint density at radius 2 is 2.05 bits per heavy atom. The summed E-state index contributed by atoms with van der Waals surface area (Å²) in [5, 5.41) is 9.30. The highest BCUT2D eigenvalue weighted by atomic mass is 16.5. The number of hydrogen-bond acceptors (Lipinski definition) is 6. The quantitative estimate of drug-likeness (QED) is 0.147. The highest BCUT2D eigenvalue weighted by Gasteiger charge is 2.27. The molecule has 1 aromatic rings. The van der Waals surface area contributed by atoms with E-state index in [0.717, 1.165) is 62.0 Å². The van der Waals surface area contributed by atoms with Gasteiger partial charge in [0.1, 0.15) is 5.82 Å². The predicted molar refractivity (Wildman–Crippen MR) is 156 cm³/mol. The summed E-state index contributed by atoms with van der Waals surface area (Å²) in [7, 11) is 0. The predicted octanol–water partition coefficient (Wildman–Crippen LogP) is 6.83. The molecule has 206 valence electrons. The van der Waals surface area contributed by atoms with Crippen LogP contribution in [0, 0.1) is 35.0 Å². The molecule has 1 heterocycles. The molecule has 6 heteroatoms. The van der Waals surface area contributed by atoms with Crippen LogP contribution in [0.25, 0.3) is 0 Å². The molecule has 3 unspecified atom stereocenters. The molecule has 0 saturated carbocycles. The van der Waals surface area contributed by atoms with Gasteiger partial charge >= 0.3 is 6.01 Å². The maximum absolute atomic E-state index is 12.3. The number of rotatable bonds is 19. The first-order valence-corrected chi connectivity index (χ1v) is 14.1. The number of ether oxygens (including phenoxy) is 1. The van der Waals surface area contributed by atoms with Crippen molar-refractivity contribution in [3.05, 3.63) is 61.9 Å². The molecule has 0 fully saturated rings. The first-order chi connectivity index (χ1) is 18.4. The summed E-state index contributed by atoms with van der Waals surface area (Å²) >= 11 is 0. The fourth-order valence-corrected chi connectivity index (χ4v) is 5.02. The number of carbonyl (C=O) groups is 1. The Bertz CT molecular complexity index is 996. The van der Waals surface area contributed by atoms with Gasteiger partial charge in [0, 0.05) is 31.0 Å². The zero-order chi connectivity index (χ0) is 27.9. The topological polar surface area (TPSA) is 79.1 Å². The lowest BCUT2D eigenvalue weighted by Gasteiger charge is -2.32. The van der Waals surface area contributed by atoms with Crippen LogP contribution in [0.3, 0.4) is 0 Å². The van der Waals surface area contributed by atoms with Crippen molar-refractivity contribution in [2.45, 2.75) is 71.6 Å². The molecule has 0 N–H and O–H groups in total. The van der Waals surface area contributed by atoms with Crippen molar-refractivity contribution >= 4 is 11.6 Å². The number of nitriles is 1. The molecule has 0 radical (unpaired) electrons. The number of anilines is 1. The monoisotopic (exact) mass is 518 g/mol. The third kappa shape index (κ3) is 9.28. The van der Waals surface area contributed by atoms with Gasteiger partial charge in [-0.05, 0) is 62.4 Å². The van der Waals surface area contributed by atoms with E-state index in [1.54, 1.807) is 6.08 Å². The van der Waals surface area contributed by atoms with E-state index in [-0.39, 0.29) is 17.6 Å². The lowest BCUT2D eigenvalue weighted by molar-refractivity contribution is -0.117. The molecular weight excluding hydrogens is 472 g/mol. The largest absolute Gasteiger partial charge is 0.463 e. The first-order valence-electron chi connectivity index (χ1n) is 14.1. The number of ketones is 1. The molecule has 0 amide bonds. The van der Waals surface area contributed by atoms with E-state index in [2.05, 4.69) is 51.1 Å². The number of aromatic nitrogens is 2. The molecular formula is C32H46N4O2. The Labute approximate surface area is 230 Å². The molecule has 0 aliphatic heterocycles. The smallest absolute Gasteiger partial charge is 0.318 e. The Morgan fingerprint density at radius 1 is 1.26 bits per heavy atom. The number of unbranched alkanes of at least 4 members (excludes halogenated alkanes) is 1.